The Balaban J connectivity index is 1.71. The highest BCUT2D eigenvalue weighted by Gasteiger charge is 2.08. The maximum atomic E-state index is 8.99. The van der Waals surface area contributed by atoms with Crippen molar-refractivity contribution in [2.45, 2.75) is 13.3 Å². The third-order valence-corrected chi connectivity index (χ3v) is 3.49. The Kier molecular flexibility index (Phi) is 4.76. The number of para-hydroxylation sites is 1. The molecule has 0 aliphatic heterocycles. The van der Waals surface area contributed by atoms with Crippen LogP contribution in [-0.4, -0.2) is 17.5 Å². The first-order valence-electron chi connectivity index (χ1n) is 6.09. The van der Waals surface area contributed by atoms with Crippen LogP contribution >= 0.6 is 11.5 Å². The van der Waals surface area contributed by atoms with Crippen LogP contribution in [0, 0.1) is 18.3 Å². The lowest BCUT2D eigenvalue weighted by atomic mass is 10.3. The molecule has 0 spiro atoms. The maximum Gasteiger partial charge on any atom is 0.127 e. The van der Waals surface area contributed by atoms with Crippen LogP contribution in [0.5, 0.6) is 5.75 Å². The lowest BCUT2D eigenvalue weighted by Crippen LogP contribution is -2.07. The maximum absolute atomic E-state index is 8.99. The highest BCUT2D eigenvalue weighted by molar-refractivity contribution is 7.10. The largest absolute Gasteiger partial charge is 0.494 e. The molecule has 2 rings (SSSR count). The second-order valence-electron chi connectivity index (χ2n) is 4.03. The van der Waals surface area contributed by atoms with Crippen molar-refractivity contribution < 1.29 is 4.74 Å². The summed E-state index contributed by atoms with van der Waals surface area (Å²) in [6.45, 7) is 3.26. The fourth-order valence-corrected chi connectivity index (χ4v) is 2.37. The third-order valence-electron chi connectivity index (χ3n) is 2.59. The van der Waals surface area contributed by atoms with Gasteiger partial charge in [0, 0.05) is 6.54 Å². The summed E-state index contributed by atoms with van der Waals surface area (Å²) in [5.74, 6) is 0.883. The first kappa shape index (κ1) is 13.4. The zero-order chi connectivity index (χ0) is 13.5. The predicted molar refractivity (Wildman–Crippen MR) is 76.6 cm³/mol. The Hall–Kier alpha value is -2.06. The van der Waals surface area contributed by atoms with Gasteiger partial charge in [-0.05, 0) is 37.0 Å². The van der Waals surface area contributed by atoms with Crippen molar-refractivity contribution in [2.75, 3.05) is 18.5 Å². The Morgan fingerprint density at radius 3 is 2.89 bits per heavy atom. The third kappa shape index (κ3) is 3.70. The number of benzene rings is 1. The quantitative estimate of drug-likeness (QED) is 0.821. The standard InChI is InChI=1S/C14H15N3OS/c1-11-13(10-15)14(19-17-11)16-8-5-9-18-12-6-3-2-4-7-12/h2-4,6-7,16H,5,8-9H2,1H3. The van der Waals surface area contributed by atoms with Crippen LogP contribution in [0.2, 0.25) is 0 Å². The Labute approximate surface area is 116 Å². The normalized spacial score (nSPS) is 9.89. The number of rotatable bonds is 6. The van der Waals surface area contributed by atoms with E-state index in [4.69, 9.17) is 10.00 Å². The summed E-state index contributed by atoms with van der Waals surface area (Å²) in [7, 11) is 0. The summed E-state index contributed by atoms with van der Waals surface area (Å²) in [6, 6.07) is 11.9. The number of ether oxygens (including phenoxy) is 1. The van der Waals surface area contributed by atoms with Gasteiger partial charge in [0.05, 0.1) is 12.3 Å². The molecule has 0 unspecified atom stereocenters. The molecule has 1 heterocycles. The summed E-state index contributed by atoms with van der Waals surface area (Å²) in [6.07, 6.45) is 0.872. The Morgan fingerprint density at radius 1 is 1.37 bits per heavy atom. The highest BCUT2D eigenvalue weighted by atomic mass is 32.1. The SMILES string of the molecule is Cc1nsc(NCCCOc2ccccc2)c1C#N. The van der Waals surface area contributed by atoms with Crippen molar-refractivity contribution in [2.24, 2.45) is 0 Å². The monoisotopic (exact) mass is 273 g/mol. The molecule has 0 saturated carbocycles. The number of aromatic nitrogens is 1. The number of nitrogens with one attached hydrogen (secondary N) is 1. The fourth-order valence-electron chi connectivity index (χ4n) is 1.60. The van der Waals surface area contributed by atoms with Crippen LogP contribution in [0.1, 0.15) is 17.7 Å². The van der Waals surface area contributed by atoms with E-state index in [1.165, 1.54) is 11.5 Å². The van der Waals surface area contributed by atoms with Gasteiger partial charge in [-0.25, -0.2) is 0 Å². The van der Waals surface area contributed by atoms with E-state index in [1.807, 2.05) is 37.3 Å². The molecule has 0 bridgehead atoms. The summed E-state index contributed by atoms with van der Waals surface area (Å²) in [5.41, 5.74) is 1.43. The van der Waals surface area contributed by atoms with E-state index in [0.717, 1.165) is 29.4 Å². The lowest BCUT2D eigenvalue weighted by Gasteiger charge is -2.06. The Morgan fingerprint density at radius 2 is 2.16 bits per heavy atom. The molecule has 1 N–H and O–H groups in total. The topological polar surface area (TPSA) is 57.9 Å². The van der Waals surface area contributed by atoms with E-state index >= 15 is 0 Å². The number of nitriles is 1. The lowest BCUT2D eigenvalue weighted by molar-refractivity contribution is 0.315. The minimum absolute atomic E-state index is 0.647. The van der Waals surface area contributed by atoms with E-state index in [9.17, 15) is 0 Å². The fraction of sp³-hybridized carbons (Fsp3) is 0.286. The molecular weight excluding hydrogens is 258 g/mol. The van der Waals surface area contributed by atoms with Crippen molar-refractivity contribution in [3.63, 3.8) is 0 Å². The highest BCUT2D eigenvalue weighted by Crippen LogP contribution is 2.23. The number of nitrogens with zero attached hydrogens (tertiary/aromatic N) is 2. The van der Waals surface area contributed by atoms with Gasteiger partial charge in [-0.1, -0.05) is 18.2 Å². The predicted octanol–water partition coefficient (Wildman–Crippen LogP) is 3.20. The summed E-state index contributed by atoms with van der Waals surface area (Å²) >= 11 is 1.33. The van der Waals surface area contributed by atoms with Crippen LogP contribution in [0.15, 0.2) is 30.3 Å². The van der Waals surface area contributed by atoms with Gasteiger partial charge in [0.15, 0.2) is 0 Å². The average Bonchev–Trinajstić information content (AvgIpc) is 2.80. The zero-order valence-electron chi connectivity index (χ0n) is 10.7. The minimum Gasteiger partial charge on any atom is -0.494 e. The molecular formula is C14H15N3OS. The molecule has 1 aromatic carbocycles. The molecule has 2 aromatic rings. The van der Waals surface area contributed by atoms with Gasteiger partial charge in [0.1, 0.15) is 22.4 Å². The van der Waals surface area contributed by atoms with Crippen LogP contribution in [0.25, 0.3) is 0 Å². The van der Waals surface area contributed by atoms with E-state index in [0.29, 0.717) is 12.2 Å². The first-order valence-corrected chi connectivity index (χ1v) is 6.86. The van der Waals surface area contributed by atoms with Crippen LogP contribution in [-0.2, 0) is 0 Å². The van der Waals surface area contributed by atoms with Gasteiger partial charge in [-0.15, -0.1) is 0 Å². The number of hydrogen-bond donors (Lipinski definition) is 1. The molecule has 0 aliphatic carbocycles. The summed E-state index contributed by atoms with van der Waals surface area (Å²) in [4.78, 5) is 0. The van der Waals surface area contributed by atoms with E-state index in [-0.39, 0.29) is 0 Å². The second kappa shape index (κ2) is 6.76. The van der Waals surface area contributed by atoms with E-state index in [1.54, 1.807) is 0 Å². The van der Waals surface area contributed by atoms with Crippen molar-refractivity contribution in [1.82, 2.24) is 4.37 Å². The summed E-state index contributed by atoms with van der Waals surface area (Å²) < 4.78 is 9.75. The van der Waals surface area contributed by atoms with Gasteiger partial charge < -0.3 is 10.1 Å². The van der Waals surface area contributed by atoms with Gasteiger partial charge in [-0.2, -0.15) is 9.64 Å². The molecule has 0 saturated heterocycles. The molecule has 0 radical (unpaired) electrons. The number of anilines is 1. The minimum atomic E-state index is 0.647. The molecule has 1 aromatic heterocycles. The molecule has 5 heteroatoms. The van der Waals surface area contributed by atoms with Gasteiger partial charge in [0.25, 0.3) is 0 Å². The van der Waals surface area contributed by atoms with Crippen molar-refractivity contribution in [1.29, 1.82) is 5.26 Å². The molecule has 19 heavy (non-hydrogen) atoms. The van der Waals surface area contributed by atoms with Crippen LogP contribution in [0.4, 0.5) is 5.00 Å². The Bertz CT molecular complexity index is 560. The first-order chi connectivity index (χ1) is 9.31. The summed E-state index contributed by atoms with van der Waals surface area (Å²) in [5, 5.41) is 13.1. The smallest absolute Gasteiger partial charge is 0.127 e. The average molecular weight is 273 g/mol. The molecule has 0 fully saturated rings. The van der Waals surface area contributed by atoms with Crippen LogP contribution < -0.4 is 10.1 Å². The zero-order valence-corrected chi connectivity index (χ0v) is 11.5. The molecule has 0 atom stereocenters. The van der Waals surface area contributed by atoms with E-state index in [2.05, 4.69) is 15.8 Å². The van der Waals surface area contributed by atoms with Crippen molar-refractivity contribution >= 4 is 16.5 Å². The number of hydrogen-bond acceptors (Lipinski definition) is 5. The van der Waals surface area contributed by atoms with Gasteiger partial charge in [-0.3, -0.25) is 0 Å². The molecule has 4 nitrogen and oxygen atoms in total. The molecule has 0 aliphatic rings. The second-order valence-corrected chi connectivity index (χ2v) is 4.80. The van der Waals surface area contributed by atoms with Crippen molar-refractivity contribution in [3.8, 4) is 11.8 Å². The number of aryl methyl sites for hydroxylation is 1. The molecule has 0 amide bonds. The van der Waals surface area contributed by atoms with Crippen LogP contribution in [0.3, 0.4) is 0 Å². The molecule has 98 valence electrons. The van der Waals surface area contributed by atoms with Gasteiger partial charge in [0.2, 0.25) is 0 Å². The van der Waals surface area contributed by atoms with Gasteiger partial charge >= 0.3 is 0 Å². The van der Waals surface area contributed by atoms with Crippen molar-refractivity contribution in [3.05, 3.63) is 41.6 Å². The van der Waals surface area contributed by atoms with E-state index < -0.39 is 0 Å².